The molecule has 0 unspecified atom stereocenters. The van der Waals surface area contributed by atoms with Crippen LogP contribution in [-0.2, 0) is 0 Å². The average Bonchev–Trinajstić information content (AvgIpc) is 2.33. The summed E-state index contributed by atoms with van der Waals surface area (Å²) in [6.07, 6.45) is 3.89. The molecule has 0 atom stereocenters. The van der Waals surface area contributed by atoms with E-state index < -0.39 is 0 Å². The molecule has 0 N–H and O–H groups in total. The van der Waals surface area contributed by atoms with Gasteiger partial charge in [-0.05, 0) is 50.0 Å². The average molecular weight is 232 g/mol. The highest BCUT2D eigenvalue weighted by Gasteiger charge is 2.14. The minimum atomic E-state index is 0.986. The predicted octanol–water partition coefficient (Wildman–Crippen LogP) is 3.72. The van der Waals surface area contributed by atoms with E-state index in [1.165, 1.54) is 30.5 Å². The summed E-state index contributed by atoms with van der Waals surface area (Å²) >= 11 is 4.72. The molecule has 84 valence electrons. The third kappa shape index (κ3) is 2.31. The summed E-state index contributed by atoms with van der Waals surface area (Å²) in [6, 6.07) is 6.28. The number of anilines is 1. The fraction of sp³-hybridized carbons (Fsp3) is 0.462. The Morgan fingerprint density at radius 2 is 2.00 bits per heavy atom. The van der Waals surface area contributed by atoms with E-state index in [0.29, 0.717) is 0 Å². The molecule has 2 nitrogen and oxygen atoms in total. The first-order valence-corrected chi connectivity index (χ1v) is 6.16. The van der Waals surface area contributed by atoms with Crippen molar-refractivity contribution in [1.82, 2.24) is 0 Å². The Hall–Kier alpha value is -1.18. The molecule has 16 heavy (non-hydrogen) atoms. The van der Waals surface area contributed by atoms with Crippen molar-refractivity contribution in [1.29, 1.82) is 0 Å². The molecule has 1 saturated heterocycles. The monoisotopic (exact) mass is 232 g/mol. The fourth-order valence-electron chi connectivity index (χ4n) is 2.22. The van der Waals surface area contributed by atoms with Gasteiger partial charge in [-0.15, -0.1) is 0 Å². The van der Waals surface area contributed by atoms with Gasteiger partial charge in [0.15, 0.2) is 0 Å². The first kappa shape index (κ1) is 11.3. The second-order valence-corrected chi connectivity index (χ2v) is 4.38. The van der Waals surface area contributed by atoms with E-state index in [9.17, 15) is 0 Å². The van der Waals surface area contributed by atoms with Crippen LogP contribution in [0.4, 0.5) is 11.4 Å². The van der Waals surface area contributed by atoms with Crippen LogP contribution in [0.15, 0.2) is 23.2 Å². The minimum absolute atomic E-state index is 0.986. The van der Waals surface area contributed by atoms with E-state index in [1.54, 1.807) is 0 Å². The van der Waals surface area contributed by atoms with Gasteiger partial charge in [0.1, 0.15) is 5.69 Å². The largest absolute Gasteiger partial charge is 0.370 e. The Morgan fingerprint density at radius 3 is 2.69 bits per heavy atom. The number of aryl methyl sites for hydroxylation is 1. The number of hydrogen-bond donors (Lipinski definition) is 0. The van der Waals surface area contributed by atoms with Crippen LogP contribution in [0.2, 0.25) is 0 Å². The lowest BCUT2D eigenvalue weighted by Crippen LogP contribution is -2.29. The number of benzene rings is 1. The summed E-state index contributed by atoms with van der Waals surface area (Å²) in [4.78, 5) is 6.61. The molecular formula is C13H16N2S. The molecule has 0 aliphatic carbocycles. The normalized spacial score (nSPS) is 15.7. The molecule has 2 rings (SSSR count). The lowest BCUT2D eigenvalue weighted by molar-refractivity contribution is 0.578. The van der Waals surface area contributed by atoms with Crippen molar-refractivity contribution in [2.24, 2.45) is 4.99 Å². The minimum Gasteiger partial charge on any atom is -0.370 e. The van der Waals surface area contributed by atoms with Crippen molar-refractivity contribution in [3.8, 4) is 0 Å². The smallest absolute Gasteiger partial charge is 0.100 e. The van der Waals surface area contributed by atoms with Gasteiger partial charge in [0.25, 0.3) is 0 Å². The first-order valence-electron chi connectivity index (χ1n) is 5.75. The molecule has 0 saturated carbocycles. The van der Waals surface area contributed by atoms with Crippen molar-refractivity contribution in [3.63, 3.8) is 0 Å². The molecule has 0 amide bonds. The van der Waals surface area contributed by atoms with E-state index in [0.717, 1.165) is 18.8 Å². The standard InChI is InChI=1S/C13H16N2S/c1-11-6-5-7-12(13(11)14-10-16)15-8-3-2-4-9-15/h5-7H,2-4,8-9H2,1H3. The molecule has 1 aromatic rings. The Morgan fingerprint density at radius 1 is 1.25 bits per heavy atom. The van der Waals surface area contributed by atoms with Crippen molar-refractivity contribution >= 4 is 28.8 Å². The van der Waals surface area contributed by atoms with Crippen molar-refractivity contribution in [2.45, 2.75) is 26.2 Å². The van der Waals surface area contributed by atoms with Gasteiger partial charge in [-0.1, -0.05) is 12.1 Å². The Labute approximate surface area is 102 Å². The van der Waals surface area contributed by atoms with Gasteiger partial charge in [-0.2, -0.15) is 4.99 Å². The Balaban J connectivity index is 2.38. The van der Waals surface area contributed by atoms with Crippen molar-refractivity contribution in [2.75, 3.05) is 18.0 Å². The summed E-state index contributed by atoms with van der Waals surface area (Å²) in [6.45, 7) is 4.33. The summed E-state index contributed by atoms with van der Waals surface area (Å²) < 4.78 is 0. The lowest BCUT2D eigenvalue weighted by Gasteiger charge is -2.30. The van der Waals surface area contributed by atoms with Crippen LogP contribution in [0.25, 0.3) is 0 Å². The number of para-hydroxylation sites is 1. The molecule has 1 heterocycles. The third-order valence-electron chi connectivity index (χ3n) is 3.07. The maximum absolute atomic E-state index is 4.72. The molecule has 1 aromatic carbocycles. The third-order valence-corrected chi connectivity index (χ3v) is 3.16. The van der Waals surface area contributed by atoms with Crippen LogP contribution in [-0.4, -0.2) is 18.3 Å². The molecule has 3 heteroatoms. The molecular weight excluding hydrogens is 216 g/mol. The highest BCUT2D eigenvalue weighted by Crippen LogP contribution is 2.33. The molecule has 0 radical (unpaired) electrons. The quantitative estimate of drug-likeness (QED) is 0.570. The maximum Gasteiger partial charge on any atom is 0.100 e. The van der Waals surface area contributed by atoms with Crippen molar-refractivity contribution < 1.29 is 0 Å². The predicted molar refractivity (Wildman–Crippen MR) is 71.9 cm³/mol. The number of rotatable bonds is 2. The molecule has 0 spiro atoms. The molecule has 1 aliphatic heterocycles. The number of thiocarbonyl (C=S) groups is 1. The van der Waals surface area contributed by atoms with Crippen LogP contribution in [0.5, 0.6) is 0 Å². The van der Waals surface area contributed by atoms with Crippen molar-refractivity contribution in [3.05, 3.63) is 23.8 Å². The van der Waals surface area contributed by atoms with Crippen LogP contribution in [0.1, 0.15) is 24.8 Å². The zero-order valence-corrected chi connectivity index (χ0v) is 10.4. The van der Waals surface area contributed by atoms with E-state index in [-0.39, 0.29) is 0 Å². The van der Waals surface area contributed by atoms with Crippen LogP contribution >= 0.6 is 12.2 Å². The van der Waals surface area contributed by atoms with Crippen LogP contribution in [0.3, 0.4) is 0 Å². The fourth-order valence-corrected chi connectivity index (χ4v) is 2.32. The number of nitrogens with zero attached hydrogens (tertiary/aromatic N) is 2. The summed E-state index contributed by atoms with van der Waals surface area (Å²) in [7, 11) is 0. The Kier molecular flexibility index (Phi) is 3.70. The number of hydrogen-bond acceptors (Lipinski definition) is 3. The zero-order chi connectivity index (χ0) is 11.4. The van der Waals surface area contributed by atoms with Gasteiger partial charge >= 0.3 is 0 Å². The summed E-state index contributed by atoms with van der Waals surface area (Å²) in [5, 5.41) is 2.49. The number of aliphatic imine (C=N–C) groups is 1. The topological polar surface area (TPSA) is 15.6 Å². The molecule has 1 aliphatic rings. The van der Waals surface area contributed by atoms with Gasteiger partial charge in [0.05, 0.1) is 10.8 Å². The van der Waals surface area contributed by atoms with E-state index in [2.05, 4.69) is 40.2 Å². The first-order chi connectivity index (χ1) is 7.83. The zero-order valence-electron chi connectivity index (χ0n) is 9.57. The van der Waals surface area contributed by atoms with E-state index in [4.69, 9.17) is 12.2 Å². The van der Waals surface area contributed by atoms with Gasteiger partial charge in [0.2, 0.25) is 0 Å². The van der Waals surface area contributed by atoms with E-state index >= 15 is 0 Å². The highest BCUT2D eigenvalue weighted by molar-refractivity contribution is 7.78. The molecule has 1 fully saturated rings. The maximum atomic E-state index is 4.72. The second kappa shape index (κ2) is 5.24. The SMILES string of the molecule is Cc1cccc(N2CCCCC2)c1N=C=S. The second-order valence-electron chi connectivity index (χ2n) is 4.19. The van der Waals surface area contributed by atoms with Gasteiger partial charge in [0, 0.05) is 13.1 Å². The molecule has 0 bridgehead atoms. The molecule has 0 aromatic heterocycles. The van der Waals surface area contributed by atoms with Gasteiger partial charge in [-0.3, -0.25) is 0 Å². The number of isothiocyanates is 1. The Bertz CT molecular complexity index is 416. The number of piperidine rings is 1. The van der Waals surface area contributed by atoms with Crippen LogP contribution in [0, 0.1) is 6.92 Å². The van der Waals surface area contributed by atoms with Crippen LogP contribution < -0.4 is 4.90 Å². The highest BCUT2D eigenvalue weighted by atomic mass is 32.1. The summed E-state index contributed by atoms with van der Waals surface area (Å²) in [5.74, 6) is 0. The van der Waals surface area contributed by atoms with Gasteiger partial charge < -0.3 is 4.90 Å². The van der Waals surface area contributed by atoms with E-state index in [1.807, 2.05) is 0 Å². The lowest BCUT2D eigenvalue weighted by atomic mass is 10.1. The van der Waals surface area contributed by atoms with Gasteiger partial charge in [-0.25, -0.2) is 0 Å². The summed E-state index contributed by atoms with van der Waals surface area (Å²) in [5.41, 5.74) is 3.36.